The van der Waals surface area contributed by atoms with Crippen LogP contribution in [0.25, 0.3) is 11.2 Å². The molecular formula is C16H24BN5O14P2. The van der Waals surface area contributed by atoms with Crippen molar-refractivity contribution in [2.45, 2.75) is 55.2 Å². The van der Waals surface area contributed by atoms with E-state index in [0.29, 0.717) is 0 Å². The maximum absolute atomic E-state index is 12.5. The summed E-state index contributed by atoms with van der Waals surface area (Å²) in [7, 11) is -5.04. The smallest absolute Gasteiger partial charge is 0.394 e. The Labute approximate surface area is 214 Å². The van der Waals surface area contributed by atoms with Crippen LogP contribution in [-0.2, 0) is 32.0 Å². The molecule has 210 valence electrons. The summed E-state index contributed by atoms with van der Waals surface area (Å²) in [6, 6.07) is 0. The molecule has 38 heavy (non-hydrogen) atoms. The van der Waals surface area contributed by atoms with Gasteiger partial charge in [0, 0.05) is 0 Å². The average molecular weight is 583 g/mol. The number of fused-ring (bicyclic) bond motifs is 1. The zero-order valence-electron chi connectivity index (χ0n) is 19.1. The van der Waals surface area contributed by atoms with Crippen LogP contribution >= 0.6 is 15.3 Å². The van der Waals surface area contributed by atoms with Crippen molar-refractivity contribution in [3.8, 4) is 0 Å². The summed E-state index contributed by atoms with van der Waals surface area (Å²) in [6.45, 7) is -1.67. The molecule has 2 aliphatic rings. The van der Waals surface area contributed by atoms with Crippen LogP contribution in [-0.4, -0.2) is 125 Å². The first-order chi connectivity index (χ1) is 17.7. The molecule has 2 fully saturated rings. The van der Waals surface area contributed by atoms with Gasteiger partial charge in [-0.25, -0.2) is 23.8 Å². The molecule has 9 N–H and O–H groups in total. The molecule has 2 aromatic rings. The van der Waals surface area contributed by atoms with Gasteiger partial charge in [0.1, 0.15) is 54.6 Å². The van der Waals surface area contributed by atoms with E-state index in [-0.39, 0.29) is 17.0 Å². The van der Waals surface area contributed by atoms with Crippen molar-refractivity contribution in [1.82, 2.24) is 19.5 Å². The monoisotopic (exact) mass is 583 g/mol. The second kappa shape index (κ2) is 11.1. The summed E-state index contributed by atoms with van der Waals surface area (Å²) < 4.78 is 50.3. The number of imidazole rings is 1. The van der Waals surface area contributed by atoms with E-state index in [9.17, 15) is 44.7 Å². The molecular weight excluding hydrogens is 559 g/mol. The number of rotatable bonds is 9. The summed E-state index contributed by atoms with van der Waals surface area (Å²) in [5.41, 5.74) is 6.11. The number of nitrogen functional groups attached to an aromatic ring is 1. The standard InChI is InChI=1S/C16H24BN5O14P2/c17-37(29,36-38(30,31)35-16-12(28)10(26)8(24)5(1-23)34-16)32-2-6-9(25)11(27)15(33-6)22-4-21-7-13(18)19-3-20-14(7)22/h3-6,8-12,15-16,23-28H,1-2H2,(H,30,31)(H2,18,19,20)/t5-,6-,8-,9-,10+,11-,12-,15-,16+,37-/m1/s1. The van der Waals surface area contributed by atoms with Crippen LogP contribution in [0.3, 0.4) is 0 Å². The number of phosphoric acid groups is 1. The van der Waals surface area contributed by atoms with Crippen molar-refractivity contribution in [2.24, 2.45) is 0 Å². The van der Waals surface area contributed by atoms with Crippen molar-refractivity contribution in [1.29, 1.82) is 0 Å². The molecule has 0 spiro atoms. The molecule has 0 aromatic carbocycles. The Hall–Kier alpha value is -1.61. The minimum atomic E-state index is -5.44. The van der Waals surface area contributed by atoms with Gasteiger partial charge in [-0.15, -0.1) is 0 Å². The van der Waals surface area contributed by atoms with E-state index in [2.05, 4.69) is 23.8 Å². The first-order valence-electron chi connectivity index (χ1n) is 10.8. The van der Waals surface area contributed by atoms with Gasteiger partial charge in [0.25, 0.3) is 7.47 Å². The number of nitrogens with zero attached hydrogens (tertiary/aromatic N) is 4. The van der Waals surface area contributed by atoms with Crippen molar-refractivity contribution in [3.05, 3.63) is 12.7 Å². The SMILES string of the molecule is [B][P@@](=O)(OC[C@H]1O[C@@H](n2cnc3c(N)ncnc32)[C@H](O)[C@@H]1O)OP(=O)(O)O[C@@H]1O[C@H](CO)[C@@H](O)[C@H](O)[C@H]1O. The van der Waals surface area contributed by atoms with Crippen LogP contribution in [0.15, 0.2) is 12.7 Å². The summed E-state index contributed by atoms with van der Waals surface area (Å²) >= 11 is 0. The molecule has 4 rings (SSSR count). The number of aliphatic hydroxyl groups excluding tert-OH is 6. The molecule has 11 atom stereocenters. The van der Waals surface area contributed by atoms with Crippen molar-refractivity contribution in [3.63, 3.8) is 0 Å². The minimum Gasteiger partial charge on any atom is -0.394 e. The molecule has 1 unspecified atom stereocenters. The predicted molar refractivity (Wildman–Crippen MR) is 121 cm³/mol. The first kappa shape index (κ1) is 29.4. The number of hydrogen-bond donors (Lipinski definition) is 8. The summed E-state index contributed by atoms with van der Waals surface area (Å²) in [6.07, 6.45) is -12.8. The normalized spacial score (nSPS) is 37.2. The van der Waals surface area contributed by atoms with Crippen LogP contribution in [0.5, 0.6) is 0 Å². The number of aliphatic hydroxyl groups is 6. The number of anilines is 1. The lowest BCUT2D eigenvalue weighted by Gasteiger charge is -2.39. The van der Waals surface area contributed by atoms with Crippen molar-refractivity contribution in [2.75, 3.05) is 18.9 Å². The molecule has 0 aliphatic carbocycles. The van der Waals surface area contributed by atoms with E-state index >= 15 is 0 Å². The van der Waals surface area contributed by atoms with E-state index < -0.39 is 83.8 Å². The Morgan fingerprint density at radius 3 is 2.37 bits per heavy atom. The summed E-state index contributed by atoms with van der Waals surface area (Å²) in [4.78, 5) is 21.8. The van der Waals surface area contributed by atoms with Crippen molar-refractivity contribution >= 4 is 39.8 Å². The zero-order valence-corrected chi connectivity index (χ0v) is 20.9. The fourth-order valence-corrected chi connectivity index (χ4v) is 6.09. The molecule has 22 heteroatoms. The van der Waals surface area contributed by atoms with E-state index in [1.54, 1.807) is 0 Å². The van der Waals surface area contributed by atoms with Gasteiger partial charge in [0.15, 0.2) is 24.0 Å². The van der Waals surface area contributed by atoms with Gasteiger partial charge in [-0.05, 0) is 0 Å². The van der Waals surface area contributed by atoms with Gasteiger partial charge in [-0.2, -0.15) is 0 Å². The molecule has 19 nitrogen and oxygen atoms in total. The first-order valence-corrected chi connectivity index (χ1v) is 13.9. The summed E-state index contributed by atoms with van der Waals surface area (Å²) in [5, 5.41) is 59.4. The Kier molecular flexibility index (Phi) is 8.59. The lowest BCUT2D eigenvalue weighted by Crippen LogP contribution is -2.58. The number of phosphoric ester groups is 1. The van der Waals surface area contributed by atoms with E-state index in [0.717, 1.165) is 6.33 Å². The molecule has 2 aliphatic heterocycles. The Bertz CT molecular complexity index is 1240. The van der Waals surface area contributed by atoms with Crippen LogP contribution in [0.4, 0.5) is 5.82 Å². The lowest BCUT2D eigenvalue weighted by molar-refractivity contribution is -0.280. The fraction of sp³-hybridized carbons (Fsp3) is 0.688. The maximum Gasteiger partial charge on any atom is 0.481 e. The largest absolute Gasteiger partial charge is 0.481 e. The second-order valence-corrected chi connectivity index (χ2v) is 11.5. The molecule has 0 amide bonds. The lowest BCUT2D eigenvalue weighted by atomic mass is 10.00. The molecule has 2 saturated heterocycles. The average Bonchev–Trinajstić information content (AvgIpc) is 3.39. The predicted octanol–water partition coefficient (Wildman–Crippen LogP) is -3.75. The van der Waals surface area contributed by atoms with Gasteiger partial charge < -0.3 is 55.3 Å². The number of nitrogens with two attached hydrogens (primary N) is 1. The molecule has 2 aromatic heterocycles. The third-order valence-electron chi connectivity index (χ3n) is 5.72. The highest BCUT2D eigenvalue weighted by molar-refractivity contribution is 7.83. The molecule has 0 bridgehead atoms. The quantitative estimate of drug-likeness (QED) is 0.104. The van der Waals surface area contributed by atoms with Crippen LogP contribution < -0.4 is 5.73 Å². The van der Waals surface area contributed by atoms with Gasteiger partial charge in [0.2, 0.25) is 7.57 Å². The van der Waals surface area contributed by atoms with Crippen molar-refractivity contribution < 1.29 is 67.5 Å². The Balaban J connectivity index is 1.38. The van der Waals surface area contributed by atoms with E-state index in [1.807, 2.05) is 0 Å². The van der Waals surface area contributed by atoms with Crippen LogP contribution in [0.1, 0.15) is 6.23 Å². The van der Waals surface area contributed by atoms with Gasteiger partial charge in [-0.1, -0.05) is 0 Å². The Morgan fingerprint density at radius 2 is 1.68 bits per heavy atom. The molecule has 4 heterocycles. The highest BCUT2D eigenvalue weighted by Gasteiger charge is 2.49. The number of hydrogen-bond acceptors (Lipinski definition) is 17. The minimum absolute atomic E-state index is 0.0576. The van der Waals surface area contributed by atoms with E-state index in [1.165, 1.54) is 10.9 Å². The van der Waals surface area contributed by atoms with Gasteiger partial charge >= 0.3 is 7.82 Å². The zero-order chi connectivity index (χ0) is 28.0. The number of ether oxygens (including phenoxy) is 2. The topological polar surface area (TPSA) is 292 Å². The highest BCUT2D eigenvalue weighted by atomic mass is 31.3. The molecule has 2 radical (unpaired) electrons. The third-order valence-corrected chi connectivity index (χ3v) is 8.44. The maximum atomic E-state index is 12.5. The Morgan fingerprint density at radius 1 is 1.00 bits per heavy atom. The highest BCUT2D eigenvalue weighted by Crippen LogP contribution is 2.61. The second-order valence-electron chi connectivity index (χ2n) is 8.32. The molecule has 0 saturated carbocycles. The van der Waals surface area contributed by atoms with Crippen LogP contribution in [0, 0.1) is 0 Å². The van der Waals surface area contributed by atoms with E-state index in [4.69, 9.17) is 27.3 Å². The third kappa shape index (κ3) is 5.93. The number of aromatic nitrogens is 4. The van der Waals surface area contributed by atoms with Gasteiger partial charge in [0.05, 0.1) is 19.5 Å². The van der Waals surface area contributed by atoms with Gasteiger partial charge in [-0.3, -0.25) is 13.7 Å². The van der Waals surface area contributed by atoms with Crippen LogP contribution in [0.2, 0.25) is 0 Å². The fourth-order valence-electron chi connectivity index (χ4n) is 3.80. The summed E-state index contributed by atoms with van der Waals surface area (Å²) in [5.74, 6) is 0.0576.